The van der Waals surface area contributed by atoms with Gasteiger partial charge < -0.3 is 10.2 Å². The highest BCUT2D eigenvalue weighted by molar-refractivity contribution is 5.94. The first-order chi connectivity index (χ1) is 9.06. The van der Waals surface area contributed by atoms with Crippen LogP contribution in [0.25, 0.3) is 5.57 Å². The van der Waals surface area contributed by atoms with Crippen LogP contribution in [0.3, 0.4) is 0 Å². The van der Waals surface area contributed by atoms with Gasteiger partial charge in [0.05, 0.1) is 0 Å². The Morgan fingerprint density at radius 1 is 1.53 bits per heavy atom. The zero-order chi connectivity index (χ0) is 13.8. The second kappa shape index (κ2) is 5.97. The number of hydrogen-bond donors (Lipinski definition) is 1. The molecule has 0 radical (unpaired) electrons. The number of nitrogens with one attached hydrogen (secondary N) is 1. The summed E-state index contributed by atoms with van der Waals surface area (Å²) in [4.78, 5) is 14.0. The number of allylic oxidation sites excluding steroid dienone is 1. The molecule has 0 aromatic heterocycles. The lowest BCUT2D eigenvalue weighted by molar-refractivity contribution is -0.127. The lowest BCUT2D eigenvalue weighted by atomic mass is 10.1. The van der Waals surface area contributed by atoms with Gasteiger partial charge in [0.1, 0.15) is 5.82 Å². The van der Waals surface area contributed by atoms with E-state index in [-0.39, 0.29) is 11.7 Å². The topological polar surface area (TPSA) is 32.3 Å². The molecule has 1 amide bonds. The van der Waals surface area contributed by atoms with Gasteiger partial charge >= 0.3 is 0 Å². The van der Waals surface area contributed by atoms with Crippen molar-refractivity contribution in [1.82, 2.24) is 10.2 Å². The van der Waals surface area contributed by atoms with Crippen LogP contribution in [0.2, 0.25) is 0 Å². The zero-order valence-electron chi connectivity index (χ0n) is 11.3. The van der Waals surface area contributed by atoms with Crippen molar-refractivity contribution < 1.29 is 9.18 Å². The van der Waals surface area contributed by atoms with E-state index in [0.717, 1.165) is 24.2 Å². The molecule has 1 unspecified atom stereocenters. The maximum absolute atomic E-state index is 13.1. The quantitative estimate of drug-likeness (QED) is 0.827. The Bertz CT molecular complexity index is 499. The van der Waals surface area contributed by atoms with Crippen LogP contribution in [0, 0.1) is 5.82 Å². The number of hydrogen-bond acceptors (Lipinski definition) is 2. The van der Waals surface area contributed by atoms with Gasteiger partial charge in [0, 0.05) is 31.8 Å². The standard InChI is InChI=1S/C15H19FN2O/c1-11(13-4-3-5-14(16)9-13)8-15(19)18-7-6-17-12(2)10-18/h3-5,8-9,12,17H,6-7,10H2,1-2H3/b11-8+. The molecule has 1 atom stereocenters. The number of benzene rings is 1. The summed E-state index contributed by atoms with van der Waals surface area (Å²) in [6.45, 7) is 6.14. The van der Waals surface area contributed by atoms with E-state index in [1.807, 2.05) is 17.9 Å². The predicted molar refractivity (Wildman–Crippen MR) is 74.1 cm³/mol. The number of carbonyl (C=O) groups excluding carboxylic acids is 1. The largest absolute Gasteiger partial charge is 0.336 e. The molecule has 1 heterocycles. The summed E-state index contributed by atoms with van der Waals surface area (Å²) in [6, 6.07) is 6.62. The zero-order valence-corrected chi connectivity index (χ0v) is 11.3. The van der Waals surface area contributed by atoms with Crippen molar-refractivity contribution in [3.63, 3.8) is 0 Å². The fourth-order valence-electron chi connectivity index (χ4n) is 2.23. The van der Waals surface area contributed by atoms with Gasteiger partial charge in [0.25, 0.3) is 0 Å². The minimum absolute atomic E-state index is 0.00453. The predicted octanol–water partition coefficient (Wildman–Crippen LogP) is 2.05. The van der Waals surface area contributed by atoms with Gasteiger partial charge in [-0.2, -0.15) is 0 Å². The van der Waals surface area contributed by atoms with Crippen LogP contribution in [-0.4, -0.2) is 36.5 Å². The van der Waals surface area contributed by atoms with Crippen molar-refractivity contribution >= 4 is 11.5 Å². The molecule has 2 rings (SSSR count). The summed E-state index contributed by atoms with van der Waals surface area (Å²) >= 11 is 0. The van der Waals surface area contributed by atoms with Gasteiger partial charge in [0.2, 0.25) is 5.91 Å². The molecular formula is C15H19FN2O. The minimum Gasteiger partial charge on any atom is -0.336 e. The van der Waals surface area contributed by atoms with Crippen molar-refractivity contribution in [2.45, 2.75) is 19.9 Å². The van der Waals surface area contributed by atoms with E-state index < -0.39 is 0 Å². The van der Waals surface area contributed by atoms with E-state index >= 15 is 0 Å². The number of halogens is 1. The average molecular weight is 262 g/mol. The van der Waals surface area contributed by atoms with Gasteiger partial charge in [0.15, 0.2) is 0 Å². The Labute approximate surface area is 113 Å². The molecule has 1 aromatic carbocycles. The van der Waals surface area contributed by atoms with Gasteiger partial charge in [-0.1, -0.05) is 12.1 Å². The van der Waals surface area contributed by atoms with Crippen LogP contribution in [0.4, 0.5) is 4.39 Å². The molecule has 102 valence electrons. The van der Waals surface area contributed by atoms with Gasteiger partial charge in [-0.25, -0.2) is 4.39 Å². The van der Waals surface area contributed by atoms with Crippen LogP contribution in [-0.2, 0) is 4.79 Å². The van der Waals surface area contributed by atoms with Crippen molar-refractivity contribution in [3.8, 4) is 0 Å². The molecule has 1 saturated heterocycles. The first kappa shape index (κ1) is 13.7. The monoisotopic (exact) mass is 262 g/mol. The number of carbonyl (C=O) groups is 1. The third kappa shape index (κ3) is 3.64. The van der Waals surface area contributed by atoms with Gasteiger partial charge in [-0.05, 0) is 37.1 Å². The summed E-state index contributed by atoms with van der Waals surface area (Å²) in [6.07, 6.45) is 1.59. The Morgan fingerprint density at radius 2 is 2.32 bits per heavy atom. The van der Waals surface area contributed by atoms with Gasteiger partial charge in [-0.3, -0.25) is 4.79 Å². The Balaban J connectivity index is 2.09. The maximum atomic E-state index is 13.1. The average Bonchev–Trinajstić information content (AvgIpc) is 2.38. The second-order valence-electron chi connectivity index (χ2n) is 4.98. The maximum Gasteiger partial charge on any atom is 0.246 e. The van der Waals surface area contributed by atoms with Crippen LogP contribution < -0.4 is 5.32 Å². The number of nitrogens with zero attached hydrogens (tertiary/aromatic N) is 1. The highest BCUT2D eigenvalue weighted by Gasteiger charge is 2.18. The number of piperazine rings is 1. The Hall–Kier alpha value is -1.68. The van der Waals surface area contributed by atoms with E-state index in [1.54, 1.807) is 12.1 Å². The van der Waals surface area contributed by atoms with Crippen molar-refractivity contribution in [1.29, 1.82) is 0 Å². The molecular weight excluding hydrogens is 243 g/mol. The van der Waals surface area contributed by atoms with Crippen LogP contribution in [0.1, 0.15) is 19.4 Å². The molecule has 0 bridgehead atoms. The first-order valence-corrected chi connectivity index (χ1v) is 6.53. The minimum atomic E-state index is -0.284. The smallest absolute Gasteiger partial charge is 0.246 e. The van der Waals surface area contributed by atoms with E-state index in [4.69, 9.17) is 0 Å². The van der Waals surface area contributed by atoms with E-state index in [9.17, 15) is 9.18 Å². The van der Waals surface area contributed by atoms with Gasteiger partial charge in [-0.15, -0.1) is 0 Å². The van der Waals surface area contributed by atoms with Crippen LogP contribution in [0.5, 0.6) is 0 Å². The van der Waals surface area contributed by atoms with Crippen molar-refractivity contribution in [2.75, 3.05) is 19.6 Å². The first-order valence-electron chi connectivity index (χ1n) is 6.53. The summed E-state index contributed by atoms with van der Waals surface area (Å²) in [7, 11) is 0. The molecule has 0 saturated carbocycles. The van der Waals surface area contributed by atoms with Crippen molar-refractivity contribution in [2.24, 2.45) is 0 Å². The van der Waals surface area contributed by atoms with E-state index in [1.165, 1.54) is 12.1 Å². The molecule has 0 spiro atoms. The molecule has 1 fully saturated rings. The lowest BCUT2D eigenvalue weighted by Crippen LogP contribution is -2.50. The second-order valence-corrected chi connectivity index (χ2v) is 4.98. The third-order valence-electron chi connectivity index (χ3n) is 3.30. The number of rotatable bonds is 2. The summed E-state index contributed by atoms with van der Waals surface area (Å²) < 4.78 is 13.1. The molecule has 19 heavy (non-hydrogen) atoms. The normalized spacial score (nSPS) is 20.5. The molecule has 4 heteroatoms. The molecule has 1 aliphatic rings. The summed E-state index contributed by atoms with van der Waals surface area (Å²) in [5, 5.41) is 3.30. The van der Waals surface area contributed by atoms with Crippen molar-refractivity contribution in [3.05, 3.63) is 41.7 Å². The van der Waals surface area contributed by atoms with E-state index in [0.29, 0.717) is 12.6 Å². The molecule has 3 nitrogen and oxygen atoms in total. The van der Waals surface area contributed by atoms with Crippen LogP contribution >= 0.6 is 0 Å². The summed E-state index contributed by atoms with van der Waals surface area (Å²) in [5.41, 5.74) is 1.53. The molecule has 1 aromatic rings. The molecule has 1 N–H and O–H groups in total. The Morgan fingerprint density at radius 3 is 3.00 bits per heavy atom. The fraction of sp³-hybridized carbons (Fsp3) is 0.400. The molecule has 0 aliphatic carbocycles. The SMILES string of the molecule is C/C(=C\C(=O)N1CCNC(C)C1)c1cccc(F)c1. The summed E-state index contributed by atoms with van der Waals surface area (Å²) in [5.74, 6) is -0.288. The van der Waals surface area contributed by atoms with E-state index in [2.05, 4.69) is 12.2 Å². The Kier molecular flexibility index (Phi) is 4.32. The highest BCUT2D eigenvalue weighted by Crippen LogP contribution is 2.15. The lowest BCUT2D eigenvalue weighted by Gasteiger charge is -2.31. The fourth-order valence-corrected chi connectivity index (χ4v) is 2.23. The highest BCUT2D eigenvalue weighted by atomic mass is 19.1. The molecule has 1 aliphatic heterocycles. The third-order valence-corrected chi connectivity index (χ3v) is 3.30. The van der Waals surface area contributed by atoms with Crippen LogP contribution in [0.15, 0.2) is 30.3 Å². The number of amides is 1.